The molecule has 0 N–H and O–H groups in total. The standard InChI is InChI=1S/C28H29P/c1-3-10-24-18-17-23-16-15-22(2)28(20-19-25(24)21-23)29(26-11-6-4-7-12-26)27-13-8-5-9-14-27/h4-9,11-14,17-20H,2-3,10,15-16,21H2,1H3/b25-19+,28-20?. The summed E-state index contributed by atoms with van der Waals surface area (Å²) < 4.78 is 0. The van der Waals surface area contributed by atoms with E-state index in [0.29, 0.717) is 0 Å². The van der Waals surface area contributed by atoms with E-state index in [1.54, 1.807) is 0 Å². The molecule has 0 radical (unpaired) electrons. The molecule has 2 aliphatic carbocycles. The van der Waals surface area contributed by atoms with Crippen molar-refractivity contribution in [1.82, 2.24) is 0 Å². The number of benzene rings is 2. The van der Waals surface area contributed by atoms with E-state index in [2.05, 4.69) is 98.5 Å². The predicted octanol–water partition coefficient (Wildman–Crippen LogP) is 7.34. The Bertz CT molecular complexity index is 948. The highest BCUT2D eigenvalue weighted by atomic mass is 31.1. The Labute approximate surface area is 176 Å². The van der Waals surface area contributed by atoms with Gasteiger partial charge in [0.15, 0.2) is 0 Å². The first-order chi connectivity index (χ1) is 14.3. The number of hydrogen-bond donors (Lipinski definition) is 0. The van der Waals surface area contributed by atoms with Gasteiger partial charge in [-0.3, -0.25) is 0 Å². The van der Waals surface area contributed by atoms with E-state index in [0.717, 1.165) is 25.7 Å². The summed E-state index contributed by atoms with van der Waals surface area (Å²) >= 11 is 0. The molecule has 0 saturated heterocycles. The lowest BCUT2D eigenvalue weighted by atomic mass is 9.88. The molecule has 0 saturated carbocycles. The second-order valence-corrected chi connectivity index (χ2v) is 9.98. The van der Waals surface area contributed by atoms with Crippen LogP contribution in [0.15, 0.2) is 119 Å². The Hall–Kier alpha value is -2.43. The van der Waals surface area contributed by atoms with Crippen molar-refractivity contribution in [2.24, 2.45) is 0 Å². The van der Waals surface area contributed by atoms with Gasteiger partial charge in [-0.05, 0) is 66.2 Å². The van der Waals surface area contributed by atoms with Crippen LogP contribution in [0.2, 0.25) is 0 Å². The molecule has 1 heteroatoms. The van der Waals surface area contributed by atoms with Gasteiger partial charge in [-0.1, -0.05) is 110 Å². The lowest BCUT2D eigenvalue weighted by molar-refractivity contribution is 0.855. The molecular weight excluding hydrogens is 367 g/mol. The summed E-state index contributed by atoms with van der Waals surface area (Å²) in [6.45, 7) is 6.82. The Morgan fingerprint density at radius 1 is 0.793 bits per heavy atom. The van der Waals surface area contributed by atoms with Crippen molar-refractivity contribution in [3.05, 3.63) is 119 Å². The number of fused-ring (bicyclic) bond motifs is 2. The van der Waals surface area contributed by atoms with E-state index in [-0.39, 0.29) is 0 Å². The SMILES string of the molecule is C=C1CCC2=CC=C(CCC)/C(=C/C=C1P(c1ccccc1)c1ccccc1)C2. The summed E-state index contributed by atoms with van der Waals surface area (Å²) in [6.07, 6.45) is 15.1. The third-order valence-corrected chi connectivity index (χ3v) is 8.27. The molecule has 4 rings (SSSR count). The maximum Gasteiger partial charge on any atom is -0.00611 e. The maximum absolute atomic E-state index is 4.55. The molecule has 0 spiro atoms. The average Bonchev–Trinajstić information content (AvgIpc) is 2.82. The van der Waals surface area contributed by atoms with Gasteiger partial charge in [0.1, 0.15) is 0 Å². The molecule has 2 bridgehead atoms. The highest BCUT2D eigenvalue weighted by molar-refractivity contribution is 7.77. The van der Waals surface area contributed by atoms with Gasteiger partial charge in [0, 0.05) is 0 Å². The smallest absolute Gasteiger partial charge is 0.00611 e. The van der Waals surface area contributed by atoms with E-state index in [1.807, 2.05) is 0 Å². The summed E-state index contributed by atoms with van der Waals surface area (Å²) in [5, 5.41) is 4.20. The first kappa shape index (κ1) is 19.9. The first-order valence-corrected chi connectivity index (χ1v) is 12.0. The summed E-state index contributed by atoms with van der Waals surface area (Å²) in [6, 6.07) is 21.9. The summed E-state index contributed by atoms with van der Waals surface area (Å²) in [5.41, 5.74) is 5.82. The normalized spacial score (nSPS) is 18.6. The molecule has 2 aromatic carbocycles. The third kappa shape index (κ3) is 4.60. The summed E-state index contributed by atoms with van der Waals surface area (Å²) in [5.74, 6) is 0. The fourth-order valence-corrected chi connectivity index (χ4v) is 6.59. The Morgan fingerprint density at radius 3 is 2.07 bits per heavy atom. The lowest BCUT2D eigenvalue weighted by Gasteiger charge is -2.23. The highest BCUT2D eigenvalue weighted by Crippen LogP contribution is 2.48. The van der Waals surface area contributed by atoms with Crippen molar-refractivity contribution in [2.75, 3.05) is 0 Å². The van der Waals surface area contributed by atoms with Crippen LogP contribution in [0.3, 0.4) is 0 Å². The largest absolute Gasteiger partial charge is 0.0952 e. The van der Waals surface area contributed by atoms with Crippen LogP contribution in [-0.2, 0) is 0 Å². The molecule has 0 amide bonds. The number of allylic oxidation sites excluding steroid dienone is 9. The predicted molar refractivity (Wildman–Crippen MR) is 129 cm³/mol. The number of rotatable bonds is 5. The molecule has 0 fully saturated rings. The van der Waals surface area contributed by atoms with Crippen molar-refractivity contribution in [2.45, 2.75) is 39.0 Å². The summed E-state index contributed by atoms with van der Waals surface area (Å²) in [4.78, 5) is 0. The molecule has 0 aliphatic heterocycles. The van der Waals surface area contributed by atoms with Crippen LogP contribution < -0.4 is 10.6 Å². The Balaban J connectivity index is 1.82. The zero-order chi connectivity index (χ0) is 20.1. The minimum atomic E-state index is -0.611. The zero-order valence-electron chi connectivity index (χ0n) is 17.3. The van der Waals surface area contributed by atoms with Crippen LogP contribution in [0.5, 0.6) is 0 Å². The van der Waals surface area contributed by atoms with Crippen LogP contribution in [0.4, 0.5) is 0 Å². The minimum Gasteiger partial charge on any atom is -0.0952 e. The van der Waals surface area contributed by atoms with Gasteiger partial charge in [0.05, 0.1) is 0 Å². The van der Waals surface area contributed by atoms with Crippen LogP contribution in [0.25, 0.3) is 0 Å². The van der Waals surface area contributed by atoms with Gasteiger partial charge >= 0.3 is 0 Å². The van der Waals surface area contributed by atoms with Crippen LogP contribution in [-0.4, -0.2) is 0 Å². The lowest BCUT2D eigenvalue weighted by Crippen LogP contribution is -2.13. The van der Waals surface area contributed by atoms with E-state index in [4.69, 9.17) is 0 Å². The van der Waals surface area contributed by atoms with Crippen molar-refractivity contribution in [3.8, 4) is 0 Å². The Kier molecular flexibility index (Phi) is 6.43. The van der Waals surface area contributed by atoms with Crippen molar-refractivity contribution >= 4 is 18.5 Å². The molecule has 0 nitrogen and oxygen atoms in total. The highest BCUT2D eigenvalue weighted by Gasteiger charge is 2.22. The molecule has 0 atom stereocenters. The second-order valence-electron chi connectivity index (χ2n) is 7.80. The van der Waals surface area contributed by atoms with E-state index in [1.165, 1.54) is 44.6 Å². The second kappa shape index (κ2) is 9.38. The van der Waals surface area contributed by atoms with Crippen LogP contribution >= 0.6 is 7.92 Å². The Morgan fingerprint density at radius 2 is 1.45 bits per heavy atom. The zero-order valence-corrected chi connectivity index (χ0v) is 18.2. The maximum atomic E-state index is 4.55. The van der Waals surface area contributed by atoms with Crippen molar-refractivity contribution in [1.29, 1.82) is 0 Å². The van der Waals surface area contributed by atoms with Gasteiger partial charge in [-0.2, -0.15) is 0 Å². The van der Waals surface area contributed by atoms with Crippen LogP contribution in [0.1, 0.15) is 39.0 Å². The monoisotopic (exact) mass is 396 g/mol. The fourth-order valence-electron chi connectivity index (χ4n) is 4.14. The van der Waals surface area contributed by atoms with Gasteiger partial charge in [-0.15, -0.1) is 0 Å². The van der Waals surface area contributed by atoms with E-state index in [9.17, 15) is 0 Å². The molecule has 29 heavy (non-hydrogen) atoms. The quantitative estimate of drug-likeness (QED) is 0.464. The molecule has 2 aliphatic rings. The summed E-state index contributed by atoms with van der Waals surface area (Å²) in [7, 11) is -0.611. The van der Waals surface area contributed by atoms with E-state index < -0.39 is 7.92 Å². The van der Waals surface area contributed by atoms with Gasteiger partial charge in [0.25, 0.3) is 0 Å². The van der Waals surface area contributed by atoms with Gasteiger partial charge in [0.2, 0.25) is 0 Å². The molecular formula is C28H29P. The number of hydrogen-bond acceptors (Lipinski definition) is 0. The van der Waals surface area contributed by atoms with Crippen molar-refractivity contribution < 1.29 is 0 Å². The molecule has 0 unspecified atom stereocenters. The minimum absolute atomic E-state index is 0.611. The molecule has 0 heterocycles. The molecule has 0 aromatic heterocycles. The van der Waals surface area contributed by atoms with Crippen LogP contribution in [0, 0.1) is 0 Å². The average molecular weight is 397 g/mol. The molecule has 2 aromatic rings. The first-order valence-electron chi connectivity index (χ1n) is 10.6. The van der Waals surface area contributed by atoms with Crippen molar-refractivity contribution in [3.63, 3.8) is 0 Å². The van der Waals surface area contributed by atoms with Gasteiger partial charge < -0.3 is 0 Å². The van der Waals surface area contributed by atoms with E-state index >= 15 is 0 Å². The fraction of sp³-hybridized carbons (Fsp3) is 0.214. The topological polar surface area (TPSA) is 0 Å². The third-order valence-electron chi connectivity index (χ3n) is 5.69. The molecule has 146 valence electrons. The van der Waals surface area contributed by atoms with Gasteiger partial charge in [-0.25, -0.2) is 0 Å².